The smallest absolute Gasteiger partial charge is 0.320 e. The predicted octanol–water partition coefficient (Wildman–Crippen LogP) is 3.81. The quantitative estimate of drug-likeness (QED) is 0.289. The lowest BCUT2D eigenvalue weighted by Gasteiger charge is -2.15. The minimum Gasteiger partial charge on any atom is -0.480 e. The number of carboxylic acids is 1. The first kappa shape index (κ1) is 27.7. The summed E-state index contributed by atoms with van der Waals surface area (Å²) >= 11 is 13.5. The first-order valence-electron chi connectivity index (χ1n) is 10.4. The molecule has 0 spiro atoms. The van der Waals surface area contributed by atoms with E-state index in [9.17, 15) is 19.2 Å². The van der Waals surface area contributed by atoms with Crippen molar-refractivity contribution in [3.63, 3.8) is 0 Å². The third kappa shape index (κ3) is 8.98. The molecule has 0 bridgehead atoms. The van der Waals surface area contributed by atoms with Crippen LogP contribution in [0.4, 0.5) is 11.4 Å². The van der Waals surface area contributed by atoms with E-state index in [2.05, 4.69) is 10.6 Å². The fourth-order valence-corrected chi connectivity index (χ4v) is 4.27. The molecule has 0 heterocycles. The number of carbonyl (C=O) groups is 4. The van der Waals surface area contributed by atoms with E-state index < -0.39 is 24.0 Å². The summed E-state index contributed by atoms with van der Waals surface area (Å²) in [6.07, 6.45) is 0.843. The zero-order chi connectivity index (χ0) is 25.1. The Morgan fingerprint density at radius 2 is 1.74 bits per heavy atom. The number of aliphatic carboxylic acids is 1. The highest BCUT2D eigenvalue weighted by atomic mass is 35.5. The number of benzene rings is 2. The Morgan fingerprint density at radius 1 is 1.06 bits per heavy atom. The molecule has 0 saturated carbocycles. The first-order chi connectivity index (χ1) is 16.2. The van der Waals surface area contributed by atoms with Gasteiger partial charge in [0.1, 0.15) is 12.3 Å². The molecule has 0 aliphatic carbocycles. The number of carbonyl (C=O) groups excluding carboxylic acids is 3. The molecule has 182 valence electrons. The second-order valence-corrected chi connectivity index (χ2v) is 9.32. The Balaban J connectivity index is 1.85. The van der Waals surface area contributed by atoms with Crippen LogP contribution in [0.25, 0.3) is 0 Å². The second kappa shape index (κ2) is 14.0. The van der Waals surface area contributed by atoms with Crippen molar-refractivity contribution in [3.8, 4) is 0 Å². The topological polar surface area (TPSA) is 139 Å². The van der Waals surface area contributed by atoms with Gasteiger partial charge in [-0.2, -0.15) is 0 Å². The lowest BCUT2D eigenvalue weighted by Crippen LogP contribution is -2.38. The Bertz CT molecular complexity index is 1020. The fraction of sp³-hybridized carbons (Fsp3) is 0.304. The summed E-state index contributed by atoms with van der Waals surface area (Å²) in [5.74, 6) is -1.34. The number of aldehydes is 1. The molecule has 0 aliphatic rings. The molecule has 2 unspecified atom stereocenters. The van der Waals surface area contributed by atoms with Crippen molar-refractivity contribution in [3.05, 3.63) is 58.1 Å². The molecule has 2 rings (SSSR count). The van der Waals surface area contributed by atoms with Crippen molar-refractivity contribution in [2.24, 2.45) is 5.73 Å². The van der Waals surface area contributed by atoms with Crippen LogP contribution in [0, 0.1) is 0 Å². The average molecular weight is 526 g/mol. The van der Waals surface area contributed by atoms with Crippen LogP contribution in [0.3, 0.4) is 0 Å². The highest BCUT2D eigenvalue weighted by Gasteiger charge is 2.17. The molecular weight excluding hydrogens is 501 g/mol. The lowest BCUT2D eigenvalue weighted by molar-refractivity contribution is -0.138. The largest absolute Gasteiger partial charge is 0.480 e. The Kier molecular flexibility index (Phi) is 11.4. The number of hydrogen-bond acceptors (Lipinski definition) is 7. The van der Waals surface area contributed by atoms with Gasteiger partial charge < -0.3 is 26.3 Å². The molecular formula is C23H25Cl2N3O5S. The number of rotatable bonds is 13. The SMILES string of the molecule is NC(CCC(=O)NC(C=O)CCSC(=O)Cc1ccccc1Nc1c(Cl)cccc1Cl)C(=O)O. The van der Waals surface area contributed by atoms with Crippen LogP contribution in [-0.4, -0.2) is 46.2 Å². The summed E-state index contributed by atoms with van der Waals surface area (Å²) in [4.78, 5) is 46.4. The number of thioether (sulfide) groups is 1. The highest BCUT2D eigenvalue weighted by molar-refractivity contribution is 8.13. The van der Waals surface area contributed by atoms with Gasteiger partial charge >= 0.3 is 5.97 Å². The summed E-state index contributed by atoms with van der Waals surface area (Å²) in [7, 11) is 0. The molecule has 0 aliphatic heterocycles. The second-order valence-electron chi connectivity index (χ2n) is 7.36. The molecule has 11 heteroatoms. The molecule has 0 saturated heterocycles. The van der Waals surface area contributed by atoms with Gasteiger partial charge in [0.05, 0.1) is 21.8 Å². The van der Waals surface area contributed by atoms with Gasteiger partial charge in [0.25, 0.3) is 0 Å². The van der Waals surface area contributed by atoms with E-state index in [4.69, 9.17) is 34.0 Å². The van der Waals surface area contributed by atoms with Gasteiger partial charge in [-0.25, -0.2) is 0 Å². The van der Waals surface area contributed by atoms with Gasteiger partial charge in [0.2, 0.25) is 5.91 Å². The number of nitrogens with one attached hydrogen (secondary N) is 2. The van der Waals surface area contributed by atoms with Gasteiger partial charge in [-0.1, -0.05) is 59.2 Å². The van der Waals surface area contributed by atoms with E-state index in [0.29, 0.717) is 33.5 Å². The third-order valence-electron chi connectivity index (χ3n) is 4.78. The standard InChI is InChI=1S/C23H25Cl2N3O5S/c24-16-5-3-6-17(25)22(16)28-19-7-2-1-4-14(19)12-21(31)34-11-10-15(13-29)27-20(30)9-8-18(26)23(32)33/h1-7,13,15,18,28H,8-12,26H2,(H,27,30)(H,32,33). The van der Waals surface area contributed by atoms with Crippen LogP contribution in [-0.2, 0) is 25.6 Å². The van der Waals surface area contributed by atoms with Crippen molar-refractivity contribution in [1.82, 2.24) is 5.32 Å². The number of anilines is 2. The number of carboxylic acid groups (broad SMARTS) is 1. The van der Waals surface area contributed by atoms with E-state index in [1.807, 2.05) is 24.3 Å². The molecule has 2 aromatic rings. The molecule has 2 aromatic carbocycles. The minimum atomic E-state index is -1.19. The maximum Gasteiger partial charge on any atom is 0.320 e. The number of hydrogen-bond donors (Lipinski definition) is 4. The van der Waals surface area contributed by atoms with Crippen LogP contribution in [0.5, 0.6) is 0 Å². The van der Waals surface area contributed by atoms with Crippen molar-refractivity contribution >= 4 is 69.6 Å². The van der Waals surface area contributed by atoms with Gasteiger partial charge in [-0.3, -0.25) is 14.4 Å². The summed E-state index contributed by atoms with van der Waals surface area (Å²) in [5.41, 5.74) is 7.37. The predicted molar refractivity (Wildman–Crippen MR) is 135 cm³/mol. The van der Waals surface area contributed by atoms with Gasteiger partial charge in [0, 0.05) is 24.3 Å². The average Bonchev–Trinajstić information content (AvgIpc) is 2.80. The van der Waals surface area contributed by atoms with Crippen molar-refractivity contribution < 1.29 is 24.3 Å². The molecule has 5 N–H and O–H groups in total. The Labute approximate surface area is 211 Å². The maximum absolute atomic E-state index is 12.5. The normalized spacial score (nSPS) is 12.4. The van der Waals surface area contributed by atoms with E-state index in [0.717, 1.165) is 17.3 Å². The Morgan fingerprint density at radius 3 is 2.38 bits per heavy atom. The summed E-state index contributed by atoms with van der Waals surface area (Å²) in [5, 5.41) is 15.2. The molecule has 0 fully saturated rings. The zero-order valence-corrected chi connectivity index (χ0v) is 20.5. The van der Waals surface area contributed by atoms with Crippen LogP contribution in [0.2, 0.25) is 10.0 Å². The van der Waals surface area contributed by atoms with Gasteiger partial charge in [-0.05, 0) is 36.6 Å². The van der Waals surface area contributed by atoms with E-state index in [-0.39, 0.29) is 30.8 Å². The van der Waals surface area contributed by atoms with Crippen LogP contribution in [0.1, 0.15) is 24.8 Å². The number of halogens is 2. The zero-order valence-electron chi connectivity index (χ0n) is 18.1. The van der Waals surface area contributed by atoms with Crippen LogP contribution >= 0.6 is 35.0 Å². The highest BCUT2D eigenvalue weighted by Crippen LogP contribution is 2.33. The van der Waals surface area contributed by atoms with Crippen molar-refractivity contribution in [2.75, 3.05) is 11.1 Å². The summed E-state index contributed by atoms with van der Waals surface area (Å²) < 4.78 is 0. The summed E-state index contributed by atoms with van der Waals surface area (Å²) in [6.45, 7) is 0. The van der Waals surface area contributed by atoms with E-state index >= 15 is 0 Å². The van der Waals surface area contributed by atoms with Crippen molar-refractivity contribution in [1.29, 1.82) is 0 Å². The van der Waals surface area contributed by atoms with Crippen molar-refractivity contribution in [2.45, 2.75) is 37.8 Å². The molecule has 8 nitrogen and oxygen atoms in total. The Hall–Kier alpha value is -2.59. The maximum atomic E-state index is 12.5. The van der Waals surface area contributed by atoms with Gasteiger partial charge in [-0.15, -0.1) is 0 Å². The van der Waals surface area contributed by atoms with Crippen LogP contribution < -0.4 is 16.4 Å². The lowest BCUT2D eigenvalue weighted by atomic mass is 10.1. The molecule has 2 atom stereocenters. The molecule has 34 heavy (non-hydrogen) atoms. The monoisotopic (exact) mass is 525 g/mol. The van der Waals surface area contributed by atoms with Gasteiger partial charge in [0.15, 0.2) is 5.12 Å². The summed E-state index contributed by atoms with van der Waals surface area (Å²) in [6, 6.07) is 10.5. The van der Waals surface area contributed by atoms with E-state index in [1.165, 1.54) is 0 Å². The molecule has 0 aromatic heterocycles. The number of para-hydroxylation sites is 2. The molecule has 0 radical (unpaired) electrons. The third-order valence-corrected chi connectivity index (χ3v) is 6.31. The van der Waals surface area contributed by atoms with E-state index in [1.54, 1.807) is 18.2 Å². The van der Waals surface area contributed by atoms with Crippen LogP contribution in [0.15, 0.2) is 42.5 Å². The minimum absolute atomic E-state index is 0.0349. The first-order valence-corrected chi connectivity index (χ1v) is 12.1. The molecule has 1 amide bonds. The number of amides is 1. The number of nitrogens with two attached hydrogens (primary N) is 1. The fourth-order valence-electron chi connectivity index (χ4n) is 2.92.